The second-order valence-corrected chi connectivity index (χ2v) is 4.40. The maximum atomic E-state index is 13.6. The van der Waals surface area contributed by atoms with Gasteiger partial charge in [-0.3, -0.25) is 0 Å². The average Bonchev–Trinajstić information content (AvgIpc) is 2.43. The van der Waals surface area contributed by atoms with E-state index < -0.39 is 11.6 Å². The summed E-state index contributed by atoms with van der Waals surface area (Å²) in [5.74, 6) is -2.38. The Morgan fingerprint density at radius 1 is 1.15 bits per heavy atom. The van der Waals surface area contributed by atoms with Gasteiger partial charge in [0, 0.05) is 11.5 Å². The van der Waals surface area contributed by atoms with Crippen LogP contribution in [0.1, 0.15) is 0 Å². The molecule has 2 aromatic rings. The van der Waals surface area contributed by atoms with Gasteiger partial charge in [-0.05, 0) is 12.1 Å². The van der Waals surface area contributed by atoms with Crippen molar-refractivity contribution in [2.24, 2.45) is 0 Å². The van der Waals surface area contributed by atoms with E-state index in [1.807, 2.05) is 0 Å². The molecule has 0 saturated heterocycles. The maximum Gasteiger partial charge on any atom is 0.330 e. The van der Waals surface area contributed by atoms with Crippen molar-refractivity contribution in [3.63, 3.8) is 0 Å². The van der Waals surface area contributed by atoms with Crippen LogP contribution >= 0.6 is 15.9 Å². The molecule has 0 amide bonds. The summed E-state index contributed by atoms with van der Waals surface area (Å²) < 4.78 is 37.2. The molecule has 0 saturated carbocycles. The van der Waals surface area contributed by atoms with Crippen LogP contribution in [-0.4, -0.2) is 29.1 Å². The molecule has 2 rings (SSSR count). The molecular weight excluding hydrogens is 338 g/mol. The lowest BCUT2D eigenvalue weighted by Gasteiger charge is -2.08. The van der Waals surface area contributed by atoms with E-state index in [0.717, 1.165) is 6.07 Å². The van der Waals surface area contributed by atoms with Gasteiger partial charge in [-0.25, -0.2) is 4.39 Å². The average molecular weight is 347 g/mol. The Labute approximate surface area is 121 Å². The number of methoxy groups -OCH3 is 1. The minimum Gasteiger partial charge on any atom is -0.467 e. The molecule has 9 heteroatoms. The van der Waals surface area contributed by atoms with Crippen molar-refractivity contribution in [3.05, 3.63) is 28.2 Å². The SMILES string of the molecule is CNc1nc(OC)nc(Oc2cc(Br)cc(F)c2F)n1. The number of halogens is 3. The molecule has 1 N–H and O–H groups in total. The van der Waals surface area contributed by atoms with Crippen LogP contribution in [0.4, 0.5) is 14.7 Å². The van der Waals surface area contributed by atoms with Gasteiger partial charge in [0.2, 0.25) is 11.8 Å². The lowest BCUT2D eigenvalue weighted by molar-refractivity contribution is 0.351. The first kappa shape index (κ1) is 14.4. The van der Waals surface area contributed by atoms with Crippen molar-refractivity contribution >= 4 is 21.9 Å². The molecule has 0 atom stereocenters. The molecule has 0 aliphatic heterocycles. The van der Waals surface area contributed by atoms with Gasteiger partial charge in [0.05, 0.1) is 7.11 Å². The fourth-order valence-electron chi connectivity index (χ4n) is 1.29. The van der Waals surface area contributed by atoms with E-state index in [4.69, 9.17) is 9.47 Å². The van der Waals surface area contributed by atoms with E-state index in [1.165, 1.54) is 13.2 Å². The molecule has 0 radical (unpaired) electrons. The van der Waals surface area contributed by atoms with Crippen LogP contribution < -0.4 is 14.8 Å². The molecule has 0 fully saturated rings. The largest absolute Gasteiger partial charge is 0.467 e. The number of hydrogen-bond donors (Lipinski definition) is 1. The second kappa shape index (κ2) is 5.95. The third-order valence-corrected chi connectivity index (χ3v) is 2.62. The number of ether oxygens (including phenoxy) is 2. The highest BCUT2D eigenvalue weighted by Gasteiger charge is 2.15. The quantitative estimate of drug-likeness (QED) is 0.858. The molecular formula is C11H9BrF2N4O2. The molecule has 0 spiro atoms. The first-order valence-corrected chi connectivity index (χ1v) is 6.13. The van der Waals surface area contributed by atoms with Crippen LogP contribution in [-0.2, 0) is 0 Å². The fraction of sp³-hybridized carbons (Fsp3) is 0.182. The van der Waals surface area contributed by atoms with E-state index >= 15 is 0 Å². The third kappa shape index (κ3) is 3.10. The van der Waals surface area contributed by atoms with Gasteiger partial charge in [0.15, 0.2) is 11.6 Å². The van der Waals surface area contributed by atoms with Crippen LogP contribution in [0, 0.1) is 11.6 Å². The van der Waals surface area contributed by atoms with Crippen molar-refractivity contribution in [1.29, 1.82) is 0 Å². The molecule has 6 nitrogen and oxygen atoms in total. The molecule has 106 valence electrons. The Hall–Kier alpha value is -2.03. The zero-order valence-electron chi connectivity index (χ0n) is 10.4. The minimum atomic E-state index is -1.14. The minimum absolute atomic E-state index is 0.0183. The fourth-order valence-corrected chi connectivity index (χ4v) is 1.70. The highest BCUT2D eigenvalue weighted by Crippen LogP contribution is 2.28. The highest BCUT2D eigenvalue weighted by molar-refractivity contribution is 9.10. The summed E-state index contributed by atoms with van der Waals surface area (Å²) in [6.07, 6.45) is 0. The van der Waals surface area contributed by atoms with Crippen molar-refractivity contribution in [3.8, 4) is 17.8 Å². The third-order valence-electron chi connectivity index (χ3n) is 2.16. The summed E-state index contributed by atoms with van der Waals surface area (Å²) in [4.78, 5) is 11.5. The van der Waals surface area contributed by atoms with Crippen molar-refractivity contribution in [1.82, 2.24) is 15.0 Å². The van der Waals surface area contributed by atoms with Crippen LogP contribution in [0.5, 0.6) is 17.8 Å². The van der Waals surface area contributed by atoms with E-state index in [1.54, 1.807) is 7.05 Å². The molecule has 0 aliphatic rings. The molecule has 0 unspecified atom stereocenters. The summed E-state index contributed by atoms with van der Waals surface area (Å²) in [6, 6.07) is 2.00. The van der Waals surface area contributed by atoms with Crippen LogP contribution in [0.3, 0.4) is 0 Å². The Bertz CT molecular complexity index is 620. The molecule has 1 aromatic heterocycles. The predicted octanol–water partition coefficient (Wildman–Crippen LogP) is 2.75. The summed E-state index contributed by atoms with van der Waals surface area (Å²) in [5.41, 5.74) is 0. The van der Waals surface area contributed by atoms with Gasteiger partial charge in [-0.1, -0.05) is 15.9 Å². The number of nitrogens with zero attached hydrogens (tertiary/aromatic N) is 3. The molecule has 20 heavy (non-hydrogen) atoms. The van der Waals surface area contributed by atoms with Gasteiger partial charge in [-0.15, -0.1) is 4.98 Å². The van der Waals surface area contributed by atoms with Crippen LogP contribution in [0.25, 0.3) is 0 Å². The number of hydrogen-bond acceptors (Lipinski definition) is 6. The highest BCUT2D eigenvalue weighted by atomic mass is 79.9. The molecule has 1 heterocycles. The molecule has 0 bridgehead atoms. The standard InChI is InChI=1S/C11H9BrF2N4O2/c1-15-9-16-10(19-2)18-11(17-9)20-7-4-5(12)3-6(13)8(7)14/h3-4H,1-2H3,(H,15,16,17,18). The van der Waals surface area contributed by atoms with Gasteiger partial charge in [0.1, 0.15) is 0 Å². The van der Waals surface area contributed by atoms with Gasteiger partial charge in [0.25, 0.3) is 0 Å². The van der Waals surface area contributed by atoms with E-state index in [-0.39, 0.29) is 23.7 Å². The Morgan fingerprint density at radius 2 is 1.85 bits per heavy atom. The zero-order chi connectivity index (χ0) is 14.7. The predicted molar refractivity (Wildman–Crippen MR) is 70.1 cm³/mol. The Balaban J connectivity index is 2.39. The van der Waals surface area contributed by atoms with E-state index in [9.17, 15) is 8.78 Å². The van der Waals surface area contributed by atoms with Crippen LogP contribution in [0.15, 0.2) is 16.6 Å². The lowest BCUT2D eigenvalue weighted by atomic mass is 10.3. The van der Waals surface area contributed by atoms with Crippen molar-refractivity contribution < 1.29 is 18.3 Å². The van der Waals surface area contributed by atoms with E-state index in [0.29, 0.717) is 4.47 Å². The van der Waals surface area contributed by atoms with Gasteiger partial charge < -0.3 is 14.8 Å². The van der Waals surface area contributed by atoms with E-state index in [2.05, 4.69) is 36.2 Å². The first-order valence-electron chi connectivity index (χ1n) is 5.33. The lowest BCUT2D eigenvalue weighted by Crippen LogP contribution is -2.04. The number of aromatic nitrogens is 3. The van der Waals surface area contributed by atoms with Crippen molar-refractivity contribution in [2.75, 3.05) is 19.5 Å². The Kier molecular flexibility index (Phi) is 4.28. The van der Waals surface area contributed by atoms with Gasteiger partial charge in [-0.2, -0.15) is 14.4 Å². The summed E-state index contributed by atoms with van der Waals surface area (Å²) >= 11 is 3.04. The van der Waals surface area contributed by atoms with Crippen molar-refractivity contribution in [2.45, 2.75) is 0 Å². The molecule has 1 aromatic carbocycles. The monoisotopic (exact) mass is 346 g/mol. The topological polar surface area (TPSA) is 69.2 Å². The van der Waals surface area contributed by atoms with Crippen LogP contribution in [0.2, 0.25) is 0 Å². The number of rotatable bonds is 4. The summed E-state index contributed by atoms with van der Waals surface area (Å²) in [7, 11) is 2.94. The normalized spacial score (nSPS) is 10.2. The zero-order valence-corrected chi connectivity index (χ0v) is 12.0. The summed E-state index contributed by atoms with van der Waals surface area (Å²) in [6.45, 7) is 0. The maximum absolute atomic E-state index is 13.6. The number of anilines is 1. The Morgan fingerprint density at radius 3 is 2.50 bits per heavy atom. The second-order valence-electron chi connectivity index (χ2n) is 3.48. The first-order chi connectivity index (χ1) is 9.53. The smallest absolute Gasteiger partial charge is 0.330 e. The molecule has 0 aliphatic carbocycles. The van der Waals surface area contributed by atoms with Gasteiger partial charge >= 0.3 is 12.0 Å². The number of nitrogens with one attached hydrogen (secondary N) is 1. The summed E-state index contributed by atoms with van der Waals surface area (Å²) in [5, 5.41) is 2.67. The number of benzene rings is 1.